The summed E-state index contributed by atoms with van der Waals surface area (Å²) in [6, 6.07) is 3.86. The van der Waals surface area contributed by atoms with E-state index in [1.807, 2.05) is 0 Å². The zero-order chi connectivity index (χ0) is 15.8. The van der Waals surface area contributed by atoms with Crippen LogP contribution in [0.1, 0.15) is 23.2 Å². The molecular formula is C14H18BrNO5. The van der Waals surface area contributed by atoms with E-state index in [2.05, 4.69) is 21.2 Å². The van der Waals surface area contributed by atoms with Crippen molar-refractivity contribution in [3.8, 4) is 5.75 Å². The molecule has 0 saturated carbocycles. The lowest BCUT2D eigenvalue weighted by Crippen LogP contribution is -2.40. The van der Waals surface area contributed by atoms with E-state index in [1.54, 1.807) is 25.3 Å². The van der Waals surface area contributed by atoms with Crippen molar-refractivity contribution in [1.29, 1.82) is 0 Å². The van der Waals surface area contributed by atoms with E-state index in [-0.39, 0.29) is 0 Å². The highest BCUT2D eigenvalue weighted by molar-refractivity contribution is 9.10. The van der Waals surface area contributed by atoms with Gasteiger partial charge in [0.2, 0.25) is 0 Å². The largest absolute Gasteiger partial charge is 0.496 e. The Bertz CT molecular complexity index is 506. The molecular weight excluding hydrogens is 342 g/mol. The minimum atomic E-state index is -1.06. The Balaban J connectivity index is 2.72. The fraction of sp³-hybridized carbons (Fsp3) is 0.429. The van der Waals surface area contributed by atoms with Crippen molar-refractivity contribution in [2.45, 2.75) is 18.9 Å². The van der Waals surface area contributed by atoms with Gasteiger partial charge >= 0.3 is 5.97 Å². The lowest BCUT2D eigenvalue weighted by atomic mass is 10.1. The molecule has 116 valence electrons. The van der Waals surface area contributed by atoms with E-state index in [9.17, 15) is 9.59 Å². The molecule has 0 radical (unpaired) electrons. The Morgan fingerprint density at radius 3 is 2.62 bits per heavy atom. The van der Waals surface area contributed by atoms with E-state index in [4.69, 9.17) is 14.6 Å². The number of nitrogens with one attached hydrogen (secondary N) is 1. The van der Waals surface area contributed by atoms with Crippen LogP contribution in [0.15, 0.2) is 22.7 Å². The summed E-state index contributed by atoms with van der Waals surface area (Å²) >= 11 is 3.28. The Morgan fingerprint density at radius 2 is 2.10 bits per heavy atom. The topological polar surface area (TPSA) is 84.9 Å². The summed E-state index contributed by atoms with van der Waals surface area (Å²) in [7, 11) is 3.07. The zero-order valence-electron chi connectivity index (χ0n) is 11.9. The first-order chi connectivity index (χ1) is 9.99. The van der Waals surface area contributed by atoms with Crippen molar-refractivity contribution < 1.29 is 24.2 Å². The highest BCUT2D eigenvalue weighted by atomic mass is 79.9. The van der Waals surface area contributed by atoms with E-state index in [1.165, 1.54) is 7.11 Å². The number of aliphatic carboxylic acids is 1. The summed E-state index contributed by atoms with van der Waals surface area (Å²) in [6.07, 6.45) is 0.867. The second-order valence-corrected chi connectivity index (χ2v) is 5.20. The Labute approximate surface area is 131 Å². The second-order valence-electron chi connectivity index (χ2n) is 4.35. The minimum absolute atomic E-state index is 0.312. The van der Waals surface area contributed by atoms with Gasteiger partial charge in [-0.25, -0.2) is 4.79 Å². The Hall–Kier alpha value is -1.60. The molecule has 6 nitrogen and oxygen atoms in total. The molecule has 1 aromatic carbocycles. The number of rotatable bonds is 8. The Kier molecular flexibility index (Phi) is 7.18. The van der Waals surface area contributed by atoms with Crippen LogP contribution in [-0.2, 0) is 9.53 Å². The molecule has 0 aliphatic heterocycles. The number of ether oxygens (including phenoxy) is 2. The van der Waals surface area contributed by atoms with Crippen molar-refractivity contribution in [1.82, 2.24) is 5.32 Å². The van der Waals surface area contributed by atoms with Crippen LogP contribution in [0, 0.1) is 0 Å². The molecule has 7 heteroatoms. The molecule has 0 heterocycles. The van der Waals surface area contributed by atoms with Crippen LogP contribution in [0.2, 0.25) is 0 Å². The van der Waals surface area contributed by atoms with Crippen molar-refractivity contribution in [3.63, 3.8) is 0 Å². The monoisotopic (exact) mass is 359 g/mol. The smallest absolute Gasteiger partial charge is 0.326 e. The number of carboxylic acid groups (broad SMARTS) is 1. The summed E-state index contributed by atoms with van der Waals surface area (Å²) in [5.74, 6) is -0.906. The number of carbonyl (C=O) groups excluding carboxylic acids is 1. The number of hydrogen-bond donors (Lipinski definition) is 2. The zero-order valence-corrected chi connectivity index (χ0v) is 13.5. The normalized spacial score (nSPS) is 11.8. The van der Waals surface area contributed by atoms with Crippen molar-refractivity contribution in [2.24, 2.45) is 0 Å². The molecule has 1 amide bonds. The van der Waals surface area contributed by atoms with Crippen LogP contribution in [-0.4, -0.2) is 43.9 Å². The molecule has 21 heavy (non-hydrogen) atoms. The van der Waals surface area contributed by atoms with Gasteiger partial charge in [0, 0.05) is 19.3 Å². The molecule has 1 unspecified atom stereocenters. The highest BCUT2D eigenvalue weighted by Crippen LogP contribution is 2.25. The van der Waals surface area contributed by atoms with E-state index < -0.39 is 17.9 Å². The number of carbonyl (C=O) groups is 2. The number of hydrogen-bond acceptors (Lipinski definition) is 4. The molecule has 0 aliphatic rings. The van der Waals surface area contributed by atoms with Crippen LogP contribution in [0.5, 0.6) is 5.75 Å². The van der Waals surface area contributed by atoms with Crippen LogP contribution in [0.4, 0.5) is 0 Å². The molecule has 1 rings (SSSR count). The van der Waals surface area contributed by atoms with Gasteiger partial charge in [-0.2, -0.15) is 0 Å². The fourth-order valence-corrected chi connectivity index (χ4v) is 2.28. The highest BCUT2D eigenvalue weighted by Gasteiger charge is 2.20. The molecule has 0 aliphatic carbocycles. The van der Waals surface area contributed by atoms with E-state index in [0.717, 1.165) is 0 Å². The van der Waals surface area contributed by atoms with Crippen molar-refractivity contribution in [3.05, 3.63) is 28.2 Å². The summed E-state index contributed by atoms with van der Waals surface area (Å²) in [4.78, 5) is 23.2. The first-order valence-corrected chi connectivity index (χ1v) is 7.15. The number of halogens is 1. The molecule has 0 spiro atoms. The lowest BCUT2D eigenvalue weighted by molar-refractivity contribution is -0.139. The Morgan fingerprint density at radius 1 is 1.38 bits per heavy atom. The number of carboxylic acids is 1. The predicted octanol–water partition coefficient (Wildman–Crippen LogP) is 2.07. The first kappa shape index (κ1) is 17.5. The van der Waals surface area contributed by atoms with Crippen LogP contribution < -0.4 is 10.1 Å². The van der Waals surface area contributed by atoms with E-state index in [0.29, 0.717) is 35.2 Å². The van der Waals surface area contributed by atoms with Gasteiger partial charge in [0.05, 0.1) is 11.6 Å². The third-order valence-electron chi connectivity index (χ3n) is 2.86. The minimum Gasteiger partial charge on any atom is -0.496 e. The maximum Gasteiger partial charge on any atom is 0.326 e. The maximum absolute atomic E-state index is 12.1. The first-order valence-electron chi connectivity index (χ1n) is 6.35. The number of methoxy groups -OCH3 is 2. The molecule has 0 bridgehead atoms. The average Bonchev–Trinajstić information content (AvgIpc) is 2.45. The third-order valence-corrected chi connectivity index (χ3v) is 3.48. The van der Waals surface area contributed by atoms with E-state index >= 15 is 0 Å². The molecule has 2 N–H and O–H groups in total. The number of benzene rings is 1. The maximum atomic E-state index is 12.1. The molecule has 1 aromatic rings. The van der Waals surface area contributed by atoms with Gasteiger partial charge in [-0.15, -0.1) is 0 Å². The molecule has 0 saturated heterocycles. The molecule has 0 fully saturated rings. The quantitative estimate of drug-likeness (QED) is 0.694. The average molecular weight is 360 g/mol. The lowest BCUT2D eigenvalue weighted by Gasteiger charge is -2.14. The van der Waals surface area contributed by atoms with Gasteiger partial charge in [0.25, 0.3) is 5.91 Å². The summed E-state index contributed by atoms with van der Waals surface area (Å²) in [6.45, 7) is 0.452. The van der Waals surface area contributed by atoms with Gasteiger partial charge in [0.1, 0.15) is 11.8 Å². The predicted molar refractivity (Wildman–Crippen MR) is 80.7 cm³/mol. The van der Waals surface area contributed by atoms with Crippen LogP contribution in [0.3, 0.4) is 0 Å². The van der Waals surface area contributed by atoms with Crippen molar-refractivity contribution >= 4 is 27.8 Å². The second kappa shape index (κ2) is 8.63. The molecule has 0 aromatic heterocycles. The van der Waals surface area contributed by atoms with Crippen molar-refractivity contribution in [2.75, 3.05) is 20.8 Å². The number of amides is 1. The summed E-state index contributed by atoms with van der Waals surface area (Å²) in [5, 5.41) is 11.6. The van der Waals surface area contributed by atoms with Crippen LogP contribution >= 0.6 is 15.9 Å². The van der Waals surface area contributed by atoms with Gasteiger partial charge in [-0.3, -0.25) is 4.79 Å². The van der Waals surface area contributed by atoms with Gasteiger partial charge in [0.15, 0.2) is 0 Å². The third kappa shape index (κ3) is 5.35. The summed E-state index contributed by atoms with van der Waals surface area (Å²) in [5.41, 5.74) is 0.362. The standard InChI is InChI=1S/C14H18BrNO5/c1-20-7-3-4-11(14(18)19)16-13(17)9-5-6-12(21-2)10(15)8-9/h5-6,8,11H,3-4,7H2,1-2H3,(H,16,17)(H,18,19). The van der Waals surface area contributed by atoms with Gasteiger partial charge in [-0.1, -0.05) is 0 Å². The van der Waals surface area contributed by atoms with Gasteiger partial charge < -0.3 is 19.9 Å². The molecule has 1 atom stereocenters. The fourth-order valence-electron chi connectivity index (χ4n) is 1.74. The van der Waals surface area contributed by atoms with Gasteiger partial charge in [-0.05, 0) is 47.0 Å². The SMILES string of the molecule is COCCCC(NC(=O)c1ccc(OC)c(Br)c1)C(=O)O. The summed E-state index contributed by atoms with van der Waals surface area (Å²) < 4.78 is 10.6. The van der Waals surface area contributed by atoms with Crippen LogP contribution in [0.25, 0.3) is 0 Å².